The van der Waals surface area contributed by atoms with E-state index in [4.69, 9.17) is 5.73 Å². The molecular formula is C58H61N10O13P. The summed E-state index contributed by atoms with van der Waals surface area (Å²) in [6, 6.07) is 22.8. The summed E-state index contributed by atoms with van der Waals surface area (Å²) in [4.78, 5) is 159. The summed E-state index contributed by atoms with van der Waals surface area (Å²) in [5, 5.41) is 11.1. The van der Waals surface area contributed by atoms with Crippen LogP contribution in [0.15, 0.2) is 108 Å². The molecular weight excluding hydrogens is 1080 g/mol. The van der Waals surface area contributed by atoms with Gasteiger partial charge in [-0.2, -0.15) is 0 Å². The molecule has 3 fully saturated rings. The number of imide groups is 1. The van der Waals surface area contributed by atoms with Crippen LogP contribution >= 0.6 is 7.60 Å². The second kappa shape index (κ2) is 24.8. The highest BCUT2D eigenvalue weighted by molar-refractivity contribution is 7.70. The number of aromatic nitrogens is 3. The van der Waals surface area contributed by atoms with E-state index in [2.05, 4.69) is 38.1 Å². The molecule has 82 heavy (non-hydrogen) atoms. The highest BCUT2D eigenvalue weighted by Gasteiger charge is 2.46. The Kier molecular flexibility index (Phi) is 17.5. The fraction of sp³-hybridized carbons (Fsp3) is 0.345. The van der Waals surface area contributed by atoms with Crippen LogP contribution in [0.1, 0.15) is 120 Å². The van der Waals surface area contributed by atoms with Crippen molar-refractivity contribution in [2.24, 2.45) is 12.8 Å². The number of carbonyl (C=O) groups is 9. The van der Waals surface area contributed by atoms with Crippen LogP contribution in [-0.2, 0) is 45.2 Å². The maximum atomic E-state index is 15.0. The van der Waals surface area contributed by atoms with Crippen LogP contribution in [0.2, 0.25) is 0 Å². The first-order valence-electron chi connectivity index (χ1n) is 26.9. The Morgan fingerprint density at radius 2 is 1.54 bits per heavy atom. The van der Waals surface area contributed by atoms with Gasteiger partial charge in [-0.1, -0.05) is 72.5 Å². The van der Waals surface area contributed by atoms with Gasteiger partial charge in [-0.25, -0.2) is 4.79 Å². The Balaban J connectivity index is 0.903. The quantitative estimate of drug-likeness (QED) is 0.0266. The Morgan fingerprint density at radius 3 is 2.22 bits per heavy atom. The number of nitrogens with one attached hydrogen (secondary N) is 5. The lowest BCUT2D eigenvalue weighted by Gasteiger charge is -2.39. The summed E-state index contributed by atoms with van der Waals surface area (Å²) < 4.78 is 14.6. The molecule has 1 unspecified atom stereocenters. The third-order valence-electron chi connectivity index (χ3n) is 15.2. The van der Waals surface area contributed by atoms with Gasteiger partial charge in [-0.15, -0.1) is 0 Å². The number of fused-ring (bicyclic) bond motifs is 3. The van der Waals surface area contributed by atoms with Gasteiger partial charge in [0.1, 0.15) is 29.9 Å². The first-order chi connectivity index (χ1) is 39.2. The summed E-state index contributed by atoms with van der Waals surface area (Å²) in [5.41, 5.74) is 6.91. The highest BCUT2D eigenvalue weighted by Crippen LogP contribution is 2.39. The van der Waals surface area contributed by atoms with E-state index in [-0.39, 0.29) is 86.5 Å². The number of aryl methyl sites for hydroxylation is 1. The molecule has 23 nitrogen and oxygen atoms in total. The summed E-state index contributed by atoms with van der Waals surface area (Å²) in [5.74, 6) is 1.55. The van der Waals surface area contributed by atoms with Crippen molar-refractivity contribution in [3.05, 3.63) is 142 Å². The number of amides is 8. The molecule has 0 aliphatic carbocycles. The summed E-state index contributed by atoms with van der Waals surface area (Å²) >= 11 is 0. The molecule has 3 aliphatic heterocycles. The lowest BCUT2D eigenvalue weighted by atomic mass is 9.98. The predicted octanol–water partition coefficient (Wildman–Crippen LogP) is 3.08. The molecule has 0 bridgehead atoms. The molecule has 0 spiro atoms. The molecule has 6 aromatic rings. The molecule has 426 valence electrons. The van der Waals surface area contributed by atoms with Crippen molar-refractivity contribution in [3.8, 4) is 11.8 Å². The Morgan fingerprint density at radius 1 is 0.817 bits per heavy atom. The van der Waals surface area contributed by atoms with Gasteiger partial charge in [0.05, 0.1) is 17.1 Å². The topological polar surface area (TPSA) is 335 Å². The van der Waals surface area contributed by atoms with Crippen LogP contribution < -0.4 is 32.7 Å². The number of nitrogens with two attached hydrogens (primary N) is 1. The number of primary amides is 1. The summed E-state index contributed by atoms with van der Waals surface area (Å²) in [6.45, 7) is -0.140. The number of carbonyl (C=O) groups excluding carboxylic acids is 9. The highest BCUT2D eigenvalue weighted by atomic mass is 31.2. The minimum atomic E-state index is -5.13. The van der Waals surface area contributed by atoms with Gasteiger partial charge in [0.2, 0.25) is 41.4 Å². The third-order valence-corrected chi connectivity index (χ3v) is 16.0. The first-order valence-corrected chi connectivity index (χ1v) is 28.5. The van der Waals surface area contributed by atoms with Gasteiger partial charge in [-0.3, -0.25) is 62.2 Å². The Labute approximate surface area is 469 Å². The molecule has 3 aliphatic rings. The maximum Gasteiger partial charge on any atom is 0.396 e. The van der Waals surface area contributed by atoms with E-state index in [1.165, 1.54) is 43.2 Å². The van der Waals surface area contributed by atoms with Crippen molar-refractivity contribution >= 4 is 82.3 Å². The molecule has 0 radical (unpaired) electrons. The van der Waals surface area contributed by atoms with Crippen LogP contribution in [-0.4, -0.2) is 124 Å². The monoisotopic (exact) mass is 1140 g/mol. The number of imidazole rings is 1. The second-order valence-electron chi connectivity index (χ2n) is 20.7. The Bertz CT molecular complexity index is 3650. The molecule has 24 heteroatoms. The normalized spacial score (nSPS) is 18.7. The zero-order valence-electron chi connectivity index (χ0n) is 44.7. The lowest BCUT2D eigenvalue weighted by Crippen LogP contribution is -2.62. The van der Waals surface area contributed by atoms with Crippen molar-refractivity contribution in [1.82, 2.24) is 45.2 Å². The lowest BCUT2D eigenvalue weighted by molar-refractivity contribution is -0.145. The fourth-order valence-corrected chi connectivity index (χ4v) is 11.4. The van der Waals surface area contributed by atoms with Gasteiger partial charge in [-0.05, 0) is 98.5 Å². The minimum absolute atomic E-state index is 0.0692. The van der Waals surface area contributed by atoms with Gasteiger partial charge in [0, 0.05) is 73.9 Å². The minimum Gasteiger partial charge on any atom is -0.370 e. The number of piperidine rings is 1. The molecule has 5 heterocycles. The van der Waals surface area contributed by atoms with Crippen LogP contribution in [0, 0.1) is 11.8 Å². The van der Waals surface area contributed by atoms with E-state index in [1.54, 1.807) is 25.2 Å². The van der Waals surface area contributed by atoms with Gasteiger partial charge >= 0.3 is 13.3 Å². The van der Waals surface area contributed by atoms with Crippen LogP contribution in [0.4, 0.5) is 0 Å². The number of hydrogen-bond donors (Lipinski definition) is 8. The smallest absolute Gasteiger partial charge is 0.370 e. The van der Waals surface area contributed by atoms with Gasteiger partial charge in [0.25, 0.3) is 11.4 Å². The van der Waals surface area contributed by atoms with E-state index in [9.17, 15) is 57.5 Å². The van der Waals surface area contributed by atoms with Crippen molar-refractivity contribution < 1.29 is 57.5 Å². The van der Waals surface area contributed by atoms with Crippen LogP contribution in [0.25, 0.3) is 21.9 Å². The molecule has 9 N–H and O–H groups in total. The van der Waals surface area contributed by atoms with Gasteiger partial charge < -0.3 is 46.3 Å². The second-order valence-corrected chi connectivity index (χ2v) is 22.2. The number of benzene rings is 4. The average molecular weight is 1140 g/mol. The standard InChI is InChI=1S/C58H61N10O13P/c1-65-47-30-34(18-23-44(47)68(58(65)78)46-25-27-49(70)63-55(46)75)12-6-2-3-11-17-50(71)66-29-28-39-20-24-45(54(74)61-41(22-26-48(59)69)52(72)64-51(35-13-7-4-8-14-35)36-15-9-5-10-16-36)67(39)56(76)43(33-66)62-53(73)42-32-38-31-37(19-21-40(38)60-42)57(77)82(79,80)81/h4-5,7-10,13-16,18-19,21,23,30-32,39,41,43,45-46,51,60H,2-3,11,17,20,22,24-29,33H2,1H3,(H2,59,69)(H,61,74)(H,62,73)(H,64,72)(H,63,70,75)(H2,79,80,81)/t39-,41+,43+,45+,46?/m1/s1. The van der Waals surface area contributed by atoms with Crippen LogP contribution in [0.3, 0.4) is 0 Å². The van der Waals surface area contributed by atoms with Crippen molar-refractivity contribution in [3.63, 3.8) is 0 Å². The summed E-state index contributed by atoms with van der Waals surface area (Å²) in [6.07, 6.45) is 2.10. The fourth-order valence-electron chi connectivity index (χ4n) is 11.0. The van der Waals surface area contributed by atoms with Crippen molar-refractivity contribution in [1.29, 1.82) is 0 Å². The number of H-pyrrole nitrogens is 1. The zero-order valence-corrected chi connectivity index (χ0v) is 45.6. The largest absolute Gasteiger partial charge is 0.396 e. The third kappa shape index (κ3) is 12.9. The maximum absolute atomic E-state index is 15.0. The van der Waals surface area contributed by atoms with E-state index in [0.717, 1.165) is 11.1 Å². The molecule has 9 rings (SSSR count). The summed E-state index contributed by atoms with van der Waals surface area (Å²) in [7, 11) is -3.54. The van der Waals surface area contributed by atoms with E-state index in [1.807, 2.05) is 60.7 Å². The number of aromatic amines is 1. The Hall–Kier alpha value is -8.97. The molecule has 4 aromatic carbocycles. The first kappa shape index (κ1) is 57.7. The number of rotatable bonds is 18. The predicted molar refractivity (Wildman–Crippen MR) is 298 cm³/mol. The van der Waals surface area contributed by atoms with Crippen molar-refractivity contribution in [2.75, 3.05) is 13.1 Å². The van der Waals surface area contributed by atoms with E-state index in [0.29, 0.717) is 47.8 Å². The number of nitrogens with zero attached hydrogens (tertiary/aromatic N) is 4. The van der Waals surface area contributed by atoms with Crippen molar-refractivity contribution in [2.45, 2.75) is 107 Å². The molecule has 5 atom stereocenters. The molecule has 2 aromatic heterocycles. The van der Waals surface area contributed by atoms with E-state index >= 15 is 4.79 Å². The molecule has 8 amide bonds. The molecule has 0 saturated carbocycles. The van der Waals surface area contributed by atoms with Crippen LogP contribution in [0.5, 0.6) is 0 Å². The SMILES string of the molecule is Cn1c(=O)n(C2CCC(=O)NC2=O)c2ccc(C#CCCCCC(=O)N3CC[C@H]4CC[C@@H](C(=O)N[C@@H](CCC(N)=O)C(=O)NC(c5ccccc5)c5ccccc5)N4C(=O)[C@@H](NC(=O)c4cc5cc(C(=O)P(=O)(O)O)ccc5[nH]4)C3)cc21. The molecule has 3 saturated heterocycles. The van der Waals surface area contributed by atoms with Gasteiger partial charge in [0.15, 0.2) is 0 Å². The number of unbranched alkanes of at least 4 members (excludes halogenated alkanes) is 2. The average Bonchev–Trinajstić information content (AvgIpc) is 3.56. The number of hydrogen-bond acceptors (Lipinski definition) is 11. The van der Waals surface area contributed by atoms with E-state index < -0.39 is 90.5 Å². The zero-order chi connectivity index (χ0) is 58.4.